The molecule has 0 N–H and O–H groups in total. The molecule has 3 rings (SSSR count). The van der Waals surface area contributed by atoms with E-state index in [1.807, 2.05) is 0 Å². The van der Waals surface area contributed by atoms with Crippen LogP contribution in [0.1, 0.15) is 0 Å². The quantitative estimate of drug-likeness (QED) is 0.570. The summed E-state index contributed by atoms with van der Waals surface area (Å²) in [6, 6.07) is 6.55. The molecule has 0 saturated heterocycles. The summed E-state index contributed by atoms with van der Waals surface area (Å²) in [4.78, 5) is 8.30. The second-order valence-electron chi connectivity index (χ2n) is 4.19. The van der Waals surface area contributed by atoms with Crippen LogP contribution >= 0.6 is 39.1 Å². The van der Waals surface area contributed by atoms with Crippen molar-refractivity contribution in [1.82, 2.24) is 14.5 Å². The van der Waals surface area contributed by atoms with Crippen molar-refractivity contribution in [2.45, 2.75) is 0 Å². The zero-order chi connectivity index (χ0) is 15.0. The number of benzene rings is 1. The molecule has 2 aromatic heterocycles. The van der Waals surface area contributed by atoms with Crippen molar-refractivity contribution in [3.63, 3.8) is 0 Å². The number of hydrogen-bond donors (Lipinski definition) is 0. The minimum atomic E-state index is -0.516. The summed E-state index contributed by atoms with van der Waals surface area (Å²) in [5.74, 6) is -0.0348. The number of aromatic nitrogens is 3. The number of halogens is 4. The average molecular weight is 387 g/mol. The Labute approximate surface area is 138 Å². The zero-order valence-corrected chi connectivity index (χ0v) is 13.5. The second-order valence-corrected chi connectivity index (χ2v) is 5.87. The maximum absolute atomic E-state index is 14.2. The highest BCUT2D eigenvalue weighted by Crippen LogP contribution is 2.31. The summed E-state index contributed by atoms with van der Waals surface area (Å²) >= 11 is 15.3. The lowest BCUT2D eigenvalue weighted by atomic mass is 10.2. The lowest BCUT2D eigenvalue weighted by Crippen LogP contribution is -2.00. The first kappa shape index (κ1) is 14.5. The molecule has 0 atom stereocenters. The van der Waals surface area contributed by atoms with Gasteiger partial charge in [-0.1, -0.05) is 29.3 Å². The van der Waals surface area contributed by atoms with E-state index in [4.69, 9.17) is 23.2 Å². The molecular weight excluding hydrogens is 380 g/mol. The number of nitrogens with zero attached hydrogens (tertiary/aromatic N) is 3. The molecule has 3 nitrogen and oxygen atoms in total. The normalized spacial score (nSPS) is 10.9. The standard InChI is InChI=1S/C14H7BrCl2FN3/c15-8-6-9(13(17)20-7-8)14-19-4-5-21(14)11-3-1-2-10(16)12(11)18/h1-7H. The first-order valence-corrected chi connectivity index (χ1v) is 7.42. The molecule has 0 unspecified atom stereocenters. The molecule has 0 saturated carbocycles. The van der Waals surface area contributed by atoms with Gasteiger partial charge in [-0.3, -0.25) is 4.57 Å². The Balaban J connectivity index is 2.22. The van der Waals surface area contributed by atoms with Crippen molar-refractivity contribution in [3.8, 4) is 17.1 Å². The van der Waals surface area contributed by atoms with E-state index in [0.29, 0.717) is 17.1 Å². The van der Waals surface area contributed by atoms with E-state index in [9.17, 15) is 4.39 Å². The Morgan fingerprint density at radius 1 is 1.19 bits per heavy atom. The number of pyridine rings is 1. The molecule has 0 aliphatic rings. The summed E-state index contributed by atoms with van der Waals surface area (Å²) in [5.41, 5.74) is 0.890. The van der Waals surface area contributed by atoms with Gasteiger partial charge in [0.25, 0.3) is 0 Å². The van der Waals surface area contributed by atoms with Crippen LogP contribution in [-0.2, 0) is 0 Å². The SMILES string of the molecule is Fc1c(Cl)cccc1-n1ccnc1-c1cc(Br)cnc1Cl. The van der Waals surface area contributed by atoms with Crippen molar-refractivity contribution >= 4 is 39.1 Å². The highest BCUT2D eigenvalue weighted by molar-refractivity contribution is 9.10. The first-order valence-electron chi connectivity index (χ1n) is 5.87. The van der Waals surface area contributed by atoms with Crippen LogP contribution in [-0.4, -0.2) is 14.5 Å². The van der Waals surface area contributed by atoms with Gasteiger partial charge >= 0.3 is 0 Å². The van der Waals surface area contributed by atoms with Crippen molar-refractivity contribution in [2.24, 2.45) is 0 Å². The molecule has 7 heteroatoms. The fourth-order valence-electron chi connectivity index (χ4n) is 1.95. The van der Waals surface area contributed by atoms with E-state index >= 15 is 0 Å². The molecule has 0 bridgehead atoms. The third-order valence-corrected chi connectivity index (χ3v) is 3.90. The van der Waals surface area contributed by atoms with Gasteiger partial charge in [-0.2, -0.15) is 0 Å². The van der Waals surface area contributed by atoms with Gasteiger partial charge in [0.15, 0.2) is 5.82 Å². The van der Waals surface area contributed by atoms with Gasteiger partial charge in [-0.25, -0.2) is 14.4 Å². The van der Waals surface area contributed by atoms with Gasteiger partial charge in [0, 0.05) is 23.1 Å². The summed E-state index contributed by atoms with van der Waals surface area (Å²) in [6.45, 7) is 0. The van der Waals surface area contributed by atoms with Crippen molar-refractivity contribution in [3.05, 3.63) is 63.3 Å². The molecule has 3 aromatic rings. The number of imidazole rings is 1. The van der Waals surface area contributed by atoms with Crippen LogP contribution in [0.25, 0.3) is 17.1 Å². The predicted octanol–water partition coefficient (Wildman–Crippen LogP) is 5.14. The fraction of sp³-hybridized carbons (Fsp3) is 0. The molecule has 1 aromatic carbocycles. The summed E-state index contributed by atoms with van der Waals surface area (Å²) in [5, 5.41) is 0.332. The van der Waals surface area contributed by atoms with Gasteiger partial charge in [-0.05, 0) is 34.1 Å². The lowest BCUT2D eigenvalue weighted by Gasteiger charge is -2.10. The molecule has 0 fully saturated rings. The van der Waals surface area contributed by atoms with E-state index in [1.54, 1.807) is 41.4 Å². The van der Waals surface area contributed by atoms with E-state index in [2.05, 4.69) is 25.9 Å². The van der Waals surface area contributed by atoms with Gasteiger partial charge < -0.3 is 0 Å². The highest BCUT2D eigenvalue weighted by atomic mass is 79.9. The van der Waals surface area contributed by atoms with E-state index in [-0.39, 0.29) is 10.2 Å². The molecule has 2 heterocycles. The summed E-state index contributed by atoms with van der Waals surface area (Å²) in [6.07, 6.45) is 4.79. The molecule has 106 valence electrons. The topological polar surface area (TPSA) is 30.7 Å². The third kappa shape index (κ3) is 2.69. The molecule has 0 aliphatic heterocycles. The minimum Gasteiger partial charge on any atom is -0.297 e. The van der Waals surface area contributed by atoms with Crippen molar-refractivity contribution < 1.29 is 4.39 Å². The first-order chi connectivity index (χ1) is 10.1. The van der Waals surface area contributed by atoms with Gasteiger partial charge in [0.2, 0.25) is 0 Å². The van der Waals surface area contributed by atoms with Crippen LogP contribution in [0.15, 0.2) is 47.3 Å². The molecule has 21 heavy (non-hydrogen) atoms. The van der Waals surface area contributed by atoms with Crippen LogP contribution in [0, 0.1) is 5.82 Å². The Hall–Kier alpha value is -1.43. The van der Waals surface area contributed by atoms with Crippen LogP contribution in [0.5, 0.6) is 0 Å². The van der Waals surface area contributed by atoms with Crippen LogP contribution in [0.2, 0.25) is 10.2 Å². The summed E-state index contributed by atoms with van der Waals surface area (Å²) in [7, 11) is 0. The monoisotopic (exact) mass is 385 g/mol. The molecular formula is C14H7BrCl2FN3. The van der Waals surface area contributed by atoms with Crippen LogP contribution < -0.4 is 0 Å². The number of rotatable bonds is 2. The molecule has 0 aliphatic carbocycles. The Bertz CT molecular complexity index is 803. The molecule has 0 spiro atoms. The van der Waals surface area contributed by atoms with Crippen LogP contribution in [0.3, 0.4) is 0 Å². The fourth-order valence-corrected chi connectivity index (χ4v) is 2.64. The Morgan fingerprint density at radius 2 is 2.00 bits per heavy atom. The molecule has 0 amide bonds. The van der Waals surface area contributed by atoms with Gasteiger partial charge in [0.1, 0.15) is 11.0 Å². The Kier molecular flexibility index (Phi) is 3.97. The lowest BCUT2D eigenvalue weighted by molar-refractivity contribution is 0.619. The Morgan fingerprint density at radius 3 is 2.81 bits per heavy atom. The van der Waals surface area contributed by atoms with E-state index < -0.39 is 5.82 Å². The smallest absolute Gasteiger partial charge is 0.165 e. The van der Waals surface area contributed by atoms with Crippen molar-refractivity contribution in [1.29, 1.82) is 0 Å². The van der Waals surface area contributed by atoms with E-state index in [1.165, 1.54) is 6.07 Å². The maximum Gasteiger partial charge on any atom is 0.165 e. The average Bonchev–Trinajstić information content (AvgIpc) is 2.93. The second kappa shape index (κ2) is 5.75. The van der Waals surface area contributed by atoms with Gasteiger partial charge in [0.05, 0.1) is 16.3 Å². The van der Waals surface area contributed by atoms with Crippen LogP contribution in [0.4, 0.5) is 4.39 Å². The molecule has 0 radical (unpaired) electrons. The largest absolute Gasteiger partial charge is 0.297 e. The predicted molar refractivity (Wildman–Crippen MR) is 84.5 cm³/mol. The summed E-state index contributed by atoms with van der Waals surface area (Å²) < 4.78 is 16.5. The van der Waals surface area contributed by atoms with Crippen molar-refractivity contribution in [2.75, 3.05) is 0 Å². The maximum atomic E-state index is 14.2. The number of hydrogen-bond acceptors (Lipinski definition) is 2. The minimum absolute atomic E-state index is 0.0469. The third-order valence-electron chi connectivity index (χ3n) is 2.88. The van der Waals surface area contributed by atoms with E-state index in [0.717, 1.165) is 4.47 Å². The van der Waals surface area contributed by atoms with Gasteiger partial charge in [-0.15, -0.1) is 0 Å². The zero-order valence-electron chi connectivity index (χ0n) is 10.4. The highest BCUT2D eigenvalue weighted by Gasteiger charge is 2.16.